The Morgan fingerprint density at radius 1 is 1.50 bits per heavy atom. The molecule has 0 amide bonds. The second-order valence-corrected chi connectivity index (χ2v) is 3.70. The largest absolute Gasteiger partial charge is 0.311 e. The topological polar surface area (TPSA) is 12.0 Å². The van der Waals surface area contributed by atoms with Crippen molar-refractivity contribution in [3.8, 4) is 0 Å². The SMILES string of the molecule is CC1(C)NC[C@H]2C[C@H]21. The first kappa shape index (κ1) is 4.80. The van der Waals surface area contributed by atoms with Crippen molar-refractivity contribution >= 4 is 0 Å². The highest BCUT2D eigenvalue weighted by Gasteiger charge is 2.52. The Balaban J connectivity index is 2.17. The average Bonchev–Trinajstić information content (AvgIpc) is 2.34. The summed E-state index contributed by atoms with van der Waals surface area (Å²) in [7, 11) is 0. The van der Waals surface area contributed by atoms with Crippen molar-refractivity contribution in [2.75, 3.05) is 6.54 Å². The number of hydrogen-bond acceptors (Lipinski definition) is 1. The van der Waals surface area contributed by atoms with E-state index in [1.54, 1.807) is 0 Å². The normalized spacial score (nSPS) is 48.8. The summed E-state index contributed by atoms with van der Waals surface area (Å²) in [4.78, 5) is 0. The summed E-state index contributed by atoms with van der Waals surface area (Å²) in [6.45, 7) is 5.90. The molecule has 0 bridgehead atoms. The molecule has 2 aliphatic rings. The van der Waals surface area contributed by atoms with Gasteiger partial charge in [-0.15, -0.1) is 0 Å². The van der Waals surface area contributed by atoms with Crippen molar-refractivity contribution in [1.29, 1.82) is 0 Å². The Labute approximate surface area is 50.5 Å². The van der Waals surface area contributed by atoms with E-state index < -0.39 is 0 Å². The van der Waals surface area contributed by atoms with E-state index in [0.717, 1.165) is 11.8 Å². The van der Waals surface area contributed by atoms with Gasteiger partial charge in [0.25, 0.3) is 0 Å². The van der Waals surface area contributed by atoms with Crippen LogP contribution >= 0.6 is 0 Å². The van der Waals surface area contributed by atoms with E-state index in [-0.39, 0.29) is 0 Å². The van der Waals surface area contributed by atoms with E-state index >= 15 is 0 Å². The third-order valence-corrected chi connectivity index (χ3v) is 2.67. The predicted octanol–water partition coefficient (Wildman–Crippen LogP) is 1.00. The van der Waals surface area contributed by atoms with Crippen molar-refractivity contribution in [3.63, 3.8) is 0 Å². The maximum Gasteiger partial charge on any atom is 0.0156 e. The molecule has 0 aromatic heterocycles. The standard InChI is InChI=1S/C7H13N/c1-7(2)6-3-5(6)4-8-7/h5-6,8H,3-4H2,1-2H3/t5-,6-/m1/s1. The minimum Gasteiger partial charge on any atom is -0.311 e. The molecule has 0 aromatic rings. The first-order valence-electron chi connectivity index (χ1n) is 3.45. The summed E-state index contributed by atoms with van der Waals surface area (Å²) in [5.41, 5.74) is 0.477. The highest BCUT2D eigenvalue weighted by molar-refractivity contribution is 5.07. The fourth-order valence-corrected chi connectivity index (χ4v) is 1.88. The molecule has 1 aliphatic carbocycles. The maximum absolute atomic E-state index is 3.50. The van der Waals surface area contributed by atoms with Gasteiger partial charge in [0.2, 0.25) is 0 Å². The van der Waals surface area contributed by atoms with Gasteiger partial charge in [-0.05, 0) is 38.6 Å². The molecule has 0 spiro atoms. The monoisotopic (exact) mass is 111 g/mol. The highest BCUT2D eigenvalue weighted by atomic mass is 15.0. The third kappa shape index (κ3) is 0.455. The molecule has 2 fully saturated rings. The molecule has 1 saturated heterocycles. The first-order valence-corrected chi connectivity index (χ1v) is 3.45. The van der Waals surface area contributed by atoms with Gasteiger partial charge in [0.15, 0.2) is 0 Å². The van der Waals surface area contributed by atoms with Crippen molar-refractivity contribution in [1.82, 2.24) is 5.32 Å². The van der Waals surface area contributed by atoms with E-state index in [2.05, 4.69) is 19.2 Å². The van der Waals surface area contributed by atoms with Crippen LogP contribution in [0.15, 0.2) is 0 Å². The van der Waals surface area contributed by atoms with Gasteiger partial charge >= 0.3 is 0 Å². The number of rotatable bonds is 0. The molecule has 8 heavy (non-hydrogen) atoms. The minimum absolute atomic E-state index is 0.477. The average molecular weight is 111 g/mol. The van der Waals surface area contributed by atoms with Crippen LogP contribution in [0.1, 0.15) is 20.3 Å². The molecule has 1 heteroatoms. The van der Waals surface area contributed by atoms with Gasteiger partial charge in [0, 0.05) is 5.54 Å². The van der Waals surface area contributed by atoms with Crippen LogP contribution < -0.4 is 5.32 Å². The van der Waals surface area contributed by atoms with Crippen molar-refractivity contribution in [2.45, 2.75) is 25.8 Å². The smallest absolute Gasteiger partial charge is 0.0156 e. The molecule has 0 aromatic carbocycles. The van der Waals surface area contributed by atoms with Crippen LogP contribution in [0.3, 0.4) is 0 Å². The molecule has 1 aliphatic heterocycles. The summed E-state index contributed by atoms with van der Waals surface area (Å²) in [5.74, 6) is 2.06. The lowest BCUT2D eigenvalue weighted by molar-refractivity contribution is 0.400. The van der Waals surface area contributed by atoms with Gasteiger partial charge in [0.05, 0.1) is 0 Å². The van der Waals surface area contributed by atoms with E-state index in [0.29, 0.717) is 5.54 Å². The summed E-state index contributed by atoms with van der Waals surface area (Å²) < 4.78 is 0. The summed E-state index contributed by atoms with van der Waals surface area (Å²) in [6, 6.07) is 0. The summed E-state index contributed by atoms with van der Waals surface area (Å²) >= 11 is 0. The van der Waals surface area contributed by atoms with E-state index in [4.69, 9.17) is 0 Å². The summed E-state index contributed by atoms with van der Waals surface area (Å²) in [6.07, 6.45) is 1.49. The van der Waals surface area contributed by atoms with Gasteiger partial charge in [-0.2, -0.15) is 0 Å². The van der Waals surface area contributed by atoms with Gasteiger partial charge in [-0.3, -0.25) is 0 Å². The molecule has 2 atom stereocenters. The molecule has 1 nitrogen and oxygen atoms in total. The zero-order valence-electron chi connectivity index (χ0n) is 5.57. The van der Waals surface area contributed by atoms with Crippen LogP contribution in [-0.2, 0) is 0 Å². The molecule has 46 valence electrons. The molecular formula is C7H13N. The van der Waals surface area contributed by atoms with E-state index in [9.17, 15) is 0 Å². The lowest BCUT2D eigenvalue weighted by Crippen LogP contribution is -2.36. The van der Waals surface area contributed by atoms with Gasteiger partial charge in [-0.25, -0.2) is 0 Å². The van der Waals surface area contributed by atoms with Crippen molar-refractivity contribution < 1.29 is 0 Å². The fraction of sp³-hybridized carbons (Fsp3) is 1.00. The Hall–Kier alpha value is -0.0400. The molecule has 1 heterocycles. The molecule has 1 N–H and O–H groups in total. The van der Waals surface area contributed by atoms with E-state index in [1.807, 2.05) is 0 Å². The number of piperidine rings is 1. The molecule has 1 saturated carbocycles. The molecule has 0 radical (unpaired) electrons. The Morgan fingerprint density at radius 3 is 2.38 bits per heavy atom. The van der Waals surface area contributed by atoms with Crippen LogP contribution in [0.25, 0.3) is 0 Å². The number of fused-ring (bicyclic) bond motifs is 1. The minimum atomic E-state index is 0.477. The van der Waals surface area contributed by atoms with Crippen LogP contribution in [0, 0.1) is 11.8 Å². The maximum atomic E-state index is 3.50. The van der Waals surface area contributed by atoms with Gasteiger partial charge in [-0.1, -0.05) is 0 Å². The number of hydrogen-bond donors (Lipinski definition) is 1. The molecular weight excluding hydrogens is 98.1 g/mol. The fourth-order valence-electron chi connectivity index (χ4n) is 1.88. The van der Waals surface area contributed by atoms with Crippen LogP contribution in [-0.4, -0.2) is 12.1 Å². The highest BCUT2D eigenvalue weighted by Crippen LogP contribution is 2.50. The molecule has 2 rings (SSSR count). The zero-order chi connectivity index (χ0) is 5.78. The van der Waals surface area contributed by atoms with Crippen LogP contribution in [0.2, 0.25) is 0 Å². The first-order chi connectivity index (χ1) is 3.70. The van der Waals surface area contributed by atoms with Crippen molar-refractivity contribution in [3.05, 3.63) is 0 Å². The second kappa shape index (κ2) is 1.10. The Morgan fingerprint density at radius 2 is 2.25 bits per heavy atom. The van der Waals surface area contributed by atoms with Crippen molar-refractivity contribution in [2.24, 2.45) is 11.8 Å². The second-order valence-electron chi connectivity index (χ2n) is 3.70. The lowest BCUT2D eigenvalue weighted by atomic mass is 10.0. The Kier molecular flexibility index (Phi) is 0.663. The number of nitrogens with one attached hydrogen (secondary N) is 1. The van der Waals surface area contributed by atoms with Crippen LogP contribution in [0.4, 0.5) is 0 Å². The van der Waals surface area contributed by atoms with Gasteiger partial charge in [0.1, 0.15) is 0 Å². The van der Waals surface area contributed by atoms with Crippen LogP contribution in [0.5, 0.6) is 0 Å². The lowest BCUT2D eigenvalue weighted by Gasteiger charge is -2.20. The predicted molar refractivity (Wildman–Crippen MR) is 33.7 cm³/mol. The molecule has 0 unspecified atom stereocenters. The zero-order valence-corrected chi connectivity index (χ0v) is 5.57. The van der Waals surface area contributed by atoms with Gasteiger partial charge < -0.3 is 5.32 Å². The quantitative estimate of drug-likeness (QED) is 0.492. The Bertz CT molecular complexity index is 118. The summed E-state index contributed by atoms with van der Waals surface area (Å²) in [5, 5.41) is 3.50. The van der Waals surface area contributed by atoms with E-state index in [1.165, 1.54) is 13.0 Å². The third-order valence-electron chi connectivity index (χ3n) is 2.67.